The van der Waals surface area contributed by atoms with E-state index in [0.717, 1.165) is 0 Å². The Morgan fingerprint density at radius 3 is 2.33 bits per heavy atom. The van der Waals surface area contributed by atoms with Crippen molar-refractivity contribution in [3.05, 3.63) is 0 Å². The van der Waals surface area contributed by atoms with Crippen LogP contribution >= 0.6 is 0 Å². The van der Waals surface area contributed by atoms with Crippen molar-refractivity contribution in [3.63, 3.8) is 0 Å². The molecule has 0 heterocycles. The molecule has 0 radical (unpaired) electrons. The maximum atomic E-state index is 9.71. The minimum Gasteiger partial charge on any atom is -0.394 e. The van der Waals surface area contributed by atoms with Gasteiger partial charge in [0.15, 0.2) is 0 Å². The summed E-state index contributed by atoms with van der Waals surface area (Å²) >= 11 is 0. The van der Waals surface area contributed by atoms with Crippen LogP contribution in [0.15, 0.2) is 0 Å². The Kier molecular flexibility index (Phi) is 4.21. The quantitative estimate of drug-likeness (QED) is 0.400. The van der Waals surface area contributed by atoms with E-state index in [9.17, 15) is 4.79 Å². The van der Waals surface area contributed by atoms with Gasteiger partial charge in [-0.3, -0.25) is 0 Å². The van der Waals surface area contributed by atoms with Gasteiger partial charge in [0.1, 0.15) is 12.4 Å². The summed E-state index contributed by atoms with van der Waals surface area (Å²) in [5, 5.41) is 25.3. The number of hydrogen-bond donors (Lipinski definition) is 3. The fourth-order valence-electron chi connectivity index (χ4n) is 0.409. The van der Waals surface area contributed by atoms with Crippen LogP contribution in [0.2, 0.25) is 0 Å². The van der Waals surface area contributed by atoms with Crippen molar-refractivity contribution in [1.82, 2.24) is 0 Å². The lowest BCUT2D eigenvalue weighted by molar-refractivity contribution is -0.116. The van der Waals surface area contributed by atoms with Crippen LogP contribution in [-0.4, -0.2) is 40.4 Å². The Morgan fingerprint density at radius 1 is 1.44 bits per heavy atom. The van der Waals surface area contributed by atoms with Gasteiger partial charge in [0, 0.05) is 6.42 Å². The molecule has 0 aliphatic heterocycles. The summed E-state index contributed by atoms with van der Waals surface area (Å²) < 4.78 is 0. The number of hydrogen-bond acceptors (Lipinski definition) is 4. The summed E-state index contributed by atoms with van der Waals surface area (Å²) in [6, 6.07) is 0. The fraction of sp³-hybridized carbons (Fsp3) is 0.800. The number of rotatable bonds is 4. The Labute approximate surface area is 52.7 Å². The summed E-state index contributed by atoms with van der Waals surface area (Å²) in [5.41, 5.74) is 0. The molecule has 0 aromatic carbocycles. The number of aliphatic hydroxyl groups is 3. The van der Waals surface area contributed by atoms with Crippen LogP contribution in [0, 0.1) is 0 Å². The standard InChI is InChI=1S/C5H10O4/c6-2-4(8)1-5(9)3-7/h2,4-5,7-9H,1,3H2/t4-,5+/m0/s1. The van der Waals surface area contributed by atoms with Crippen LogP contribution in [0.4, 0.5) is 0 Å². The Balaban J connectivity index is 3.33. The highest BCUT2D eigenvalue weighted by Crippen LogP contribution is 1.93. The molecule has 0 aromatic rings. The first kappa shape index (κ1) is 8.55. The highest BCUT2D eigenvalue weighted by Gasteiger charge is 2.08. The summed E-state index contributed by atoms with van der Waals surface area (Å²) in [5.74, 6) is 0. The molecule has 0 fully saturated rings. The Morgan fingerprint density at radius 2 is 2.00 bits per heavy atom. The minimum absolute atomic E-state index is 0.0972. The molecule has 4 heteroatoms. The molecule has 0 bridgehead atoms. The third-order valence-electron chi connectivity index (χ3n) is 0.881. The smallest absolute Gasteiger partial charge is 0.148 e. The molecule has 0 aliphatic rings. The first-order valence-electron chi connectivity index (χ1n) is 2.63. The second kappa shape index (κ2) is 4.43. The van der Waals surface area contributed by atoms with Gasteiger partial charge >= 0.3 is 0 Å². The molecular formula is C5H10O4. The van der Waals surface area contributed by atoms with Gasteiger partial charge in [-0.25, -0.2) is 0 Å². The van der Waals surface area contributed by atoms with Crippen molar-refractivity contribution >= 4 is 6.29 Å². The van der Waals surface area contributed by atoms with Crippen molar-refractivity contribution in [2.75, 3.05) is 6.61 Å². The van der Waals surface area contributed by atoms with Crippen LogP contribution in [-0.2, 0) is 4.79 Å². The van der Waals surface area contributed by atoms with Crippen LogP contribution < -0.4 is 0 Å². The van der Waals surface area contributed by atoms with Gasteiger partial charge in [-0.15, -0.1) is 0 Å². The maximum absolute atomic E-state index is 9.71. The van der Waals surface area contributed by atoms with E-state index in [1.165, 1.54) is 0 Å². The van der Waals surface area contributed by atoms with E-state index in [0.29, 0.717) is 6.29 Å². The highest BCUT2D eigenvalue weighted by molar-refractivity contribution is 5.55. The molecule has 0 amide bonds. The lowest BCUT2D eigenvalue weighted by Gasteiger charge is -2.06. The molecule has 9 heavy (non-hydrogen) atoms. The number of carbonyl (C=O) groups excluding carboxylic acids is 1. The minimum atomic E-state index is -1.16. The average molecular weight is 134 g/mol. The zero-order chi connectivity index (χ0) is 7.28. The van der Waals surface area contributed by atoms with Gasteiger partial charge in [-0.05, 0) is 0 Å². The molecule has 0 rings (SSSR count). The van der Waals surface area contributed by atoms with Crippen LogP contribution in [0.5, 0.6) is 0 Å². The normalized spacial score (nSPS) is 16.8. The van der Waals surface area contributed by atoms with E-state index < -0.39 is 18.8 Å². The van der Waals surface area contributed by atoms with Crippen molar-refractivity contribution < 1.29 is 20.1 Å². The Bertz CT molecular complexity index is 83.0. The monoisotopic (exact) mass is 134 g/mol. The van der Waals surface area contributed by atoms with Crippen LogP contribution in [0.25, 0.3) is 0 Å². The molecule has 0 saturated carbocycles. The van der Waals surface area contributed by atoms with Gasteiger partial charge in [-0.1, -0.05) is 0 Å². The van der Waals surface area contributed by atoms with Crippen molar-refractivity contribution in [2.45, 2.75) is 18.6 Å². The molecule has 0 saturated heterocycles. The lowest BCUT2D eigenvalue weighted by Crippen LogP contribution is -2.21. The molecule has 54 valence electrons. The second-order valence-corrected chi connectivity index (χ2v) is 1.78. The number of aldehydes is 1. The van der Waals surface area contributed by atoms with Crippen LogP contribution in [0.3, 0.4) is 0 Å². The van der Waals surface area contributed by atoms with Gasteiger partial charge in [0.05, 0.1) is 12.7 Å². The molecule has 0 aliphatic carbocycles. The van der Waals surface area contributed by atoms with Gasteiger partial charge in [0.2, 0.25) is 0 Å². The molecule has 2 atom stereocenters. The SMILES string of the molecule is O=C[C@@H](O)C[C@@H](O)CO. The summed E-state index contributed by atoms with van der Waals surface area (Å²) in [6.07, 6.45) is -1.93. The predicted molar refractivity (Wildman–Crippen MR) is 29.8 cm³/mol. The molecule has 0 spiro atoms. The lowest BCUT2D eigenvalue weighted by atomic mass is 10.2. The topological polar surface area (TPSA) is 77.8 Å². The molecular weight excluding hydrogens is 124 g/mol. The first-order chi connectivity index (χ1) is 4.20. The predicted octanol–water partition coefficient (Wildman–Crippen LogP) is -1.71. The Hall–Kier alpha value is -0.450. The van der Waals surface area contributed by atoms with E-state index in [4.69, 9.17) is 15.3 Å². The largest absolute Gasteiger partial charge is 0.394 e. The number of carbonyl (C=O) groups is 1. The average Bonchev–Trinajstić information content (AvgIpc) is 1.87. The fourth-order valence-corrected chi connectivity index (χ4v) is 0.409. The molecule has 4 nitrogen and oxygen atoms in total. The van der Waals surface area contributed by atoms with Crippen molar-refractivity contribution in [2.24, 2.45) is 0 Å². The second-order valence-electron chi connectivity index (χ2n) is 1.78. The van der Waals surface area contributed by atoms with E-state index in [-0.39, 0.29) is 6.42 Å². The first-order valence-corrected chi connectivity index (χ1v) is 2.63. The summed E-state index contributed by atoms with van der Waals surface area (Å²) in [4.78, 5) is 9.71. The highest BCUT2D eigenvalue weighted by atomic mass is 16.3. The third kappa shape index (κ3) is 4.08. The van der Waals surface area contributed by atoms with Crippen LogP contribution in [0.1, 0.15) is 6.42 Å². The van der Waals surface area contributed by atoms with E-state index >= 15 is 0 Å². The van der Waals surface area contributed by atoms with Crippen molar-refractivity contribution in [1.29, 1.82) is 0 Å². The zero-order valence-electron chi connectivity index (χ0n) is 4.90. The zero-order valence-corrected chi connectivity index (χ0v) is 4.90. The van der Waals surface area contributed by atoms with E-state index in [1.807, 2.05) is 0 Å². The summed E-state index contributed by atoms with van der Waals surface area (Å²) in [6.45, 7) is -0.426. The molecule has 0 unspecified atom stereocenters. The maximum Gasteiger partial charge on any atom is 0.148 e. The molecule has 0 aromatic heterocycles. The van der Waals surface area contributed by atoms with Gasteiger partial charge < -0.3 is 20.1 Å². The van der Waals surface area contributed by atoms with E-state index in [2.05, 4.69) is 0 Å². The molecule has 3 N–H and O–H groups in total. The van der Waals surface area contributed by atoms with Crippen molar-refractivity contribution in [3.8, 4) is 0 Å². The van der Waals surface area contributed by atoms with Gasteiger partial charge in [-0.2, -0.15) is 0 Å². The third-order valence-corrected chi connectivity index (χ3v) is 0.881. The van der Waals surface area contributed by atoms with Gasteiger partial charge in [0.25, 0.3) is 0 Å². The number of aliphatic hydroxyl groups excluding tert-OH is 3. The van der Waals surface area contributed by atoms with E-state index in [1.54, 1.807) is 0 Å². The summed E-state index contributed by atoms with van der Waals surface area (Å²) in [7, 11) is 0.